The molecule has 2 aromatic heterocycles. The Hall–Kier alpha value is -2.61. The standard InChI is InChI=1S/C11H12N4O4/c1-14-5-4-9(16)15(11(14)18)6-7-2-3-8(19-7)10(17)13-12/h2-5H,6,12H2,1H3,(H,13,17). The zero-order valence-electron chi connectivity index (χ0n) is 10.1. The van der Waals surface area contributed by atoms with Crippen LogP contribution in [0.2, 0.25) is 0 Å². The number of aryl methyl sites for hydroxylation is 1. The Bertz CT molecular complexity index is 725. The van der Waals surface area contributed by atoms with E-state index in [1.807, 2.05) is 5.43 Å². The molecule has 0 atom stereocenters. The van der Waals surface area contributed by atoms with E-state index in [0.29, 0.717) is 5.76 Å². The van der Waals surface area contributed by atoms with Crippen molar-refractivity contribution in [1.82, 2.24) is 14.6 Å². The van der Waals surface area contributed by atoms with Crippen LogP contribution in [-0.2, 0) is 13.6 Å². The van der Waals surface area contributed by atoms with E-state index in [0.717, 1.165) is 4.57 Å². The quantitative estimate of drug-likeness (QED) is 0.410. The van der Waals surface area contributed by atoms with Gasteiger partial charge in [0.15, 0.2) is 5.76 Å². The number of nitrogens with two attached hydrogens (primary N) is 1. The zero-order valence-corrected chi connectivity index (χ0v) is 10.1. The van der Waals surface area contributed by atoms with Crippen LogP contribution in [0.5, 0.6) is 0 Å². The maximum Gasteiger partial charge on any atom is 0.331 e. The molecule has 0 spiro atoms. The molecule has 3 N–H and O–H groups in total. The number of hydrogen-bond donors (Lipinski definition) is 2. The number of hydrogen-bond acceptors (Lipinski definition) is 5. The Labute approximate surface area is 107 Å². The van der Waals surface area contributed by atoms with Crippen molar-refractivity contribution in [2.75, 3.05) is 0 Å². The summed E-state index contributed by atoms with van der Waals surface area (Å²) in [6.45, 7) is -0.0514. The molecule has 0 saturated carbocycles. The van der Waals surface area contributed by atoms with Gasteiger partial charge in [-0.25, -0.2) is 10.6 Å². The van der Waals surface area contributed by atoms with E-state index in [1.54, 1.807) is 0 Å². The molecule has 0 aliphatic rings. The summed E-state index contributed by atoms with van der Waals surface area (Å²) in [6.07, 6.45) is 1.39. The number of furan rings is 1. The summed E-state index contributed by atoms with van der Waals surface area (Å²) in [5, 5.41) is 0. The second-order valence-corrected chi connectivity index (χ2v) is 3.87. The summed E-state index contributed by atoms with van der Waals surface area (Å²) in [7, 11) is 1.54. The van der Waals surface area contributed by atoms with E-state index in [9.17, 15) is 14.4 Å². The predicted molar refractivity (Wildman–Crippen MR) is 65.4 cm³/mol. The van der Waals surface area contributed by atoms with Gasteiger partial charge in [0.2, 0.25) is 0 Å². The highest BCUT2D eigenvalue weighted by Gasteiger charge is 2.11. The topological polar surface area (TPSA) is 112 Å². The van der Waals surface area contributed by atoms with Crippen molar-refractivity contribution in [3.63, 3.8) is 0 Å². The molecule has 2 rings (SSSR count). The van der Waals surface area contributed by atoms with Crippen LogP contribution in [0.3, 0.4) is 0 Å². The molecule has 0 unspecified atom stereocenters. The summed E-state index contributed by atoms with van der Waals surface area (Å²) in [4.78, 5) is 34.6. The van der Waals surface area contributed by atoms with Crippen molar-refractivity contribution in [1.29, 1.82) is 0 Å². The molecular formula is C11H12N4O4. The molecule has 1 amide bonds. The van der Waals surface area contributed by atoms with Gasteiger partial charge in [0.1, 0.15) is 5.76 Å². The minimum atomic E-state index is -0.584. The fourth-order valence-electron chi connectivity index (χ4n) is 1.57. The fourth-order valence-corrected chi connectivity index (χ4v) is 1.57. The predicted octanol–water partition coefficient (Wildman–Crippen LogP) is -1.21. The van der Waals surface area contributed by atoms with Gasteiger partial charge in [0, 0.05) is 19.3 Å². The Morgan fingerprint density at radius 1 is 1.37 bits per heavy atom. The Balaban J connectivity index is 2.35. The first kappa shape index (κ1) is 12.8. The van der Waals surface area contributed by atoms with Gasteiger partial charge in [-0.05, 0) is 12.1 Å². The van der Waals surface area contributed by atoms with E-state index in [2.05, 4.69) is 0 Å². The maximum atomic E-state index is 11.8. The number of carbonyl (C=O) groups is 1. The number of rotatable bonds is 3. The van der Waals surface area contributed by atoms with Gasteiger partial charge in [-0.2, -0.15) is 0 Å². The van der Waals surface area contributed by atoms with Crippen molar-refractivity contribution in [3.8, 4) is 0 Å². The molecule has 0 saturated heterocycles. The summed E-state index contributed by atoms with van der Waals surface area (Å²) in [6, 6.07) is 4.19. The lowest BCUT2D eigenvalue weighted by Crippen LogP contribution is -2.38. The number of amides is 1. The molecular weight excluding hydrogens is 252 g/mol. The largest absolute Gasteiger partial charge is 0.454 e. The Morgan fingerprint density at radius 3 is 2.79 bits per heavy atom. The Morgan fingerprint density at radius 2 is 2.11 bits per heavy atom. The number of carbonyl (C=O) groups excluding carboxylic acids is 1. The van der Waals surface area contributed by atoms with Crippen LogP contribution in [0.4, 0.5) is 0 Å². The van der Waals surface area contributed by atoms with Gasteiger partial charge in [-0.3, -0.25) is 19.6 Å². The number of hydrazine groups is 1. The molecule has 0 radical (unpaired) electrons. The van der Waals surface area contributed by atoms with E-state index in [-0.39, 0.29) is 12.3 Å². The lowest BCUT2D eigenvalue weighted by molar-refractivity contribution is 0.0924. The van der Waals surface area contributed by atoms with Gasteiger partial charge < -0.3 is 8.98 Å². The lowest BCUT2D eigenvalue weighted by Gasteiger charge is -2.04. The van der Waals surface area contributed by atoms with E-state index < -0.39 is 17.2 Å². The summed E-state index contributed by atoms with van der Waals surface area (Å²) in [5.41, 5.74) is 1.02. The van der Waals surface area contributed by atoms with Crippen molar-refractivity contribution in [3.05, 3.63) is 56.8 Å². The molecule has 0 fully saturated rings. The molecule has 0 aliphatic carbocycles. The first-order chi connectivity index (χ1) is 9.02. The number of nitrogen functional groups attached to an aromatic ring is 1. The normalized spacial score (nSPS) is 10.4. The van der Waals surface area contributed by atoms with Gasteiger partial charge in [0.25, 0.3) is 5.56 Å². The molecule has 0 aromatic carbocycles. The highest BCUT2D eigenvalue weighted by atomic mass is 16.4. The maximum absolute atomic E-state index is 11.8. The molecule has 2 aromatic rings. The second kappa shape index (κ2) is 4.94. The van der Waals surface area contributed by atoms with Gasteiger partial charge >= 0.3 is 11.6 Å². The average molecular weight is 264 g/mol. The minimum absolute atomic E-state index is 0.0123. The first-order valence-corrected chi connectivity index (χ1v) is 5.39. The van der Waals surface area contributed by atoms with E-state index in [1.165, 1.54) is 36.0 Å². The van der Waals surface area contributed by atoms with Crippen LogP contribution >= 0.6 is 0 Å². The summed E-state index contributed by atoms with van der Waals surface area (Å²) < 4.78 is 7.47. The van der Waals surface area contributed by atoms with E-state index in [4.69, 9.17) is 10.3 Å². The SMILES string of the molecule is Cn1ccc(=O)n(Cc2ccc(C(=O)NN)o2)c1=O. The molecule has 8 nitrogen and oxygen atoms in total. The second-order valence-electron chi connectivity index (χ2n) is 3.87. The average Bonchev–Trinajstić information content (AvgIpc) is 2.87. The highest BCUT2D eigenvalue weighted by molar-refractivity contribution is 5.90. The molecule has 0 aliphatic heterocycles. The van der Waals surface area contributed by atoms with Crippen molar-refractivity contribution in [2.24, 2.45) is 12.9 Å². The third kappa shape index (κ3) is 2.47. The molecule has 2 heterocycles. The fraction of sp³-hybridized carbons (Fsp3) is 0.182. The van der Waals surface area contributed by atoms with Crippen LogP contribution in [0.15, 0.2) is 38.4 Å². The van der Waals surface area contributed by atoms with Crippen LogP contribution < -0.4 is 22.5 Å². The van der Waals surface area contributed by atoms with Crippen LogP contribution in [0.1, 0.15) is 16.3 Å². The highest BCUT2D eigenvalue weighted by Crippen LogP contribution is 2.07. The van der Waals surface area contributed by atoms with Gasteiger partial charge in [-0.1, -0.05) is 0 Å². The van der Waals surface area contributed by atoms with E-state index >= 15 is 0 Å². The van der Waals surface area contributed by atoms with Crippen molar-refractivity contribution < 1.29 is 9.21 Å². The monoisotopic (exact) mass is 264 g/mol. The van der Waals surface area contributed by atoms with Crippen LogP contribution in [-0.4, -0.2) is 15.0 Å². The number of nitrogens with zero attached hydrogens (tertiary/aromatic N) is 2. The zero-order chi connectivity index (χ0) is 14.0. The molecule has 8 heteroatoms. The lowest BCUT2D eigenvalue weighted by atomic mass is 10.4. The molecule has 100 valence electrons. The first-order valence-electron chi connectivity index (χ1n) is 5.39. The van der Waals surface area contributed by atoms with Crippen molar-refractivity contribution in [2.45, 2.75) is 6.54 Å². The van der Waals surface area contributed by atoms with Crippen LogP contribution in [0, 0.1) is 0 Å². The van der Waals surface area contributed by atoms with Crippen LogP contribution in [0.25, 0.3) is 0 Å². The summed E-state index contributed by atoms with van der Waals surface area (Å²) >= 11 is 0. The number of nitrogens with one attached hydrogen (secondary N) is 1. The number of aromatic nitrogens is 2. The summed E-state index contributed by atoms with van der Waals surface area (Å²) in [5.74, 6) is 4.70. The molecule has 0 bridgehead atoms. The molecule has 19 heavy (non-hydrogen) atoms. The van der Waals surface area contributed by atoms with Gasteiger partial charge in [0.05, 0.1) is 6.54 Å². The smallest absolute Gasteiger partial charge is 0.331 e. The van der Waals surface area contributed by atoms with Crippen molar-refractivity contribution >= 4 is 5.91 Å². The Kier molecular flexibility index (Phi) is 3.34. The van der Waals surface area contributed by atoms with Gasteiger partial charge in [-0.15, -0.1) is 0 Å². The third-order valence-corrected chi connectivity index (χ3v) is 2.57. The third-order valence-electron chi connectivity index (χ3n) is 2.57. The minimum Gasteiger partial charge on any atom is -0.454 e.